The van der Waals surface area contributed by atoms with Gasteiger partial charge in [0.2, 0.25) is 5.91 Å². The Labute approximate surface area is 101 Å². The van der Waals surface area contributed by atoms with Crippen molar-refractivity contribution < 1.29 is 14.7 Å². The molecule has 1 aliphatic rings. The number of carboxylic acids is 1. The quantitative estimate of drug-likeness (QED) is 0.686. The molecule has 0 aromatic heterocycles. The van der Waals surface area contributed by atoms with Crippen LogP contribution < -0.4 is 5.32 Å². The lowest BCUT2D eigenvalue weighted by Gasteiger charge is -2.27. The molecular weight excluding hydrogens is 220 g/mol. The summed E-state index contributed by atoms with van der Waals surface area (Å²) < 4.78 is 0. The van der Waals surface area contributed by atoms with E-state index < -0.39 is 11.9 Å². The summed E-state index contributed by atoms with van der Waals surface area (Å²) in [5.41, 5.74) is 1.87. The van der Waals surface area contributed by atoms with Crippen LogP contribution in [0.4, 0.5) is 0 Å². The number of aliphatic carboxylic acids is 1. The number of nitrogens with zero attached hydrogens (tertiary/aromatic N) is 1. The van der Waals surface area contributed by atoms with E-state index in [1.807, 2.05) is 13.8 Å². The van der Waals surface area contributed by atoms with Crippen LogP contribution in [0.3, 0.4) is 0 Å². The van der Waals surface area contributed by atoms with Gasteiger partial charge in [-0.3, -0.25) is 9.59 Å². The highest BCUT2D eigenvalue weighted by molar-refractivity contribution is 5.94. The summed E-state index contributed by atoms with van der Waals surface area (Å²) in [5.74, 6) is -1.44. The van der Waals surface area contributed by atoms with Gasteiger partial charge in [-0.05, 0) is 19.4 Å². The van der Waals surface area contributed by atoms with Gasteiger partial charge in [0.1, 0.15) is 0 Å². The number of hydrogen-bond acceptors (Lipinski definition) is 3. The molecule has 0 aromatic carbocycles. The van der Waals surface area contributed by atoms with Crippen molar-refractivity contribution in [2.45, 2.75) is 20.8 Å². The molecule has 5 nitrogen and oxygen atoms in total. The molecule has 1 amide bonds. The number of amides is 1. The zero-order valence-corrected chi connectivity index (χ0v) is 10.6. The Hall–Kier alpha value is -1.36. The standard InChI is InChI=1S/C12H20N2O3/c1-4-14(7-8(2)12(16)17)11(15)9(3)10-5-13-6-10/h8,13H,4-7H2,1-3H3,(H,16,17). The van der Waals surface area contributed by atoms with E-state index in [1.165, 1.54) is 0 Å². The molecule has 96 valence electrons. The normalized spacial score (nSPS) is 16.1. The maximum absolute atomic E-state index is 12.1. The number of carboxylic acid groups (broad SMARTS) is 1. The highest BCUT2D eigenvalue weighted by atomic mass is 16.4. The third kappa shape index (κ3) is 3.30. The number of hydrogen-bond donors (Lipinski definition) is 2. The molecule has 5 heteroatoms. The second-order valence-electron chi connectivity index (χ2n) is 4.42. The van der Waals surface area contributed by atoms with Crippen molar-refractivity contribution in [3.8, 4) is 0 Å². The van der Waals surface area contributed by atoms with E-state index in [-0.39, 0.29) is 12.5 Å². The van der Waals surface area contributed by atoms with Gasteiger partial charge in [0.25, 0.3) is 0 Å². The summed E-state index contributed by atoms with van der Waals surface area (Å²) in [6, 6.07) is 0. The predicted octanol–water partition coefficient (Wildman–Crippen LogP) is 0.475. The van der Waals surface area contributed by atoms with E-state index in [4.69, 9.17) is 5.11 Å². The van der Waals surface area contributed by atoms with Gasteiger partial charge in [0, 0.05) is 31.8 Å². The van der Waals surface area contributed by atoms with Crippen molar-refractivity contribution in [3.63, 3.8) is 0 Å². The highest BCUT2D eigenvalue weighted by Crippen LogP contribution is 2.13. The molecule has 0 bridgehead atoms. The van der Waals surface area contributed by atoms with Crippen molar-refractivity contribution in [2.75, 3.05) is 26.2 Å². The molecule has 1 atom stereocenters. The number of nitrogens with one attached hydrogen (secondary N) is 1. The second kappa shape index (κ2) is 5.82. The van der Waals surface area contributed by atoms with E-state index in [0.717, 1.165) is 24.2 Å². The first-order valence-corrected chi connectivity index (χ1v) is 5.88. The zero-order valence-electron chi connectivity index (χ0n) is 10.6. The molecule has 1 fully saturated rings. The molecule has 1 heterocycles. The maximum Gasteiger partial charge on any atom is 0.308 e. The van der Waals surface area contributed by atoms with Gasteiger partial charge in [-0.15, -0.1) is 0 Å². The van der Waals surface area contributed by atoms with Crippen molar-refractivity contribution in [2.24, 2.45) is 5.92 Å². The van der Waals surface area contributed by atoms with E-state index in [1.54, 1.807) is 11.8 Å². The summed E-state index contributed by atoms with van der Waals surface area (Å²) in [6.07, 6.45) is 0. The van der Waals surface area contributed by atoms with Gasteiger partial charge in [-0.2, -0.15) is 0 Å². The number of carbonyl (C=O) groups is 2. The van der Waals surface area contributed by atoms with Gasteiger partial charge >= 0.3 is 5.97 Å². The third-order valence-corrected chi connectivity index (χ3v) is 3.11. The fraction of sp³-hybridized carbons (Fsp3) is 0.667. The van der Waals surface area contributed by atoms with Crippen molar-refractivity contribution in [1.82, 2.24) is 10.2 Å². The van der Waals surface area contributed by atoms with E-state index in [0.29, 0.717) is 6.54 Å². The molecule has 1 unspecified atom stereocenters. The first-order valence-electron chi connectivity index (χ1n) is 5.88. The third-order valence-electron chi connectivity index (χ3n) is 3.11. The van der Waals surface area contributed by atoms with Crippen molar-refractivity contribution in [3.05, 3.63) is 11.1 Å². The summed E-state index contributed by atoms with van der Waals surface area (Å²) in [5, 5.41) is 11.9. The Morgan fingerprint density at radius 2 is 2.06 bits per heavy atom. The van der Waals surface area contributed by atoms with Gasteiger partial charge in [0.05, 0.1) is 5.92 Å². The minimum absolute atomic E-state index is 0.0444. The molecule has 17 heavy (non-hydrogen) atoms. The van der Waals surface area contributed by atoms with Crippen LogP contribution in [0, 0.1) is 5.92 Å². The Balaban J connectivity index is 2.67. The molecule has 2 N–H and O–H groups in total. The lowest BCUT2D eigenvalue weighted by atomic mass is 10.0. The van der Waals surface area contributed by atoms with E-state index >= 15 is 0 Å². The van der Waals surface area contributed by atoms with Gasteiger partial charge in [-0.1, -0.05) is 6.92 Å². The van der Waals surface area contributed by atoms with E-state index in [2.05, 4.69) is 5.32 Å². The maximum atomic E-state index is 12.1. The zero-order chi connectivity index (χ0) is 13.0. The minimum atomic E-state index is -0.869. The molecule has 0 aliphatic carbocycles. The van der Waals surface area contributed by atoms with Crippen LogP contribution in [0.1, 0.15) is 20.8 Å². The van der Waals surface area contributed by atoms with E-state index in [9.17, 15) is 9.59 Å². The largest absolute Gasteiger partial charge is 0.481 e. The predicted molar refractivity (Wildman–Crippen MR) is 64.6 cm³/mol. The van der Waals surface area contributed by atoms with Crippen LogP contribution in [0.15, 0.2) is 11.1 Å². The smallest absolute Gasteiger partial charge is 0.308 e. The summed E-state index contributed by atoms with van der Waals surface area (Å²) in [7, 11) is 0. The lowest BCUT2D eigenvalue weighted by molar-refractivity contribution is -0.142. The molecule has 0 saturated carbocycles. The molecule has 1 saturated heterocycles. The Morgan fingerprint density at radius 1 is 1.47 bits per heavy atom. The fourth-order valence-electron chi connectivity index (χ4n) is 1.67. The van der Waals surface area contributed by atoms with Crippen molar-refractivity contribution in [1.29, 1.82) is 0 Å². The molecule has 1 rings (SSSR count). The van der Waals surface area contributed by atoms with Crippen LogP contribution in [-0.2, 0) is 9.59 Å². The summed E-state index contributed by atoms with van der Waals surface area (Å²) in [6.45, 7) is 7.63. The van der Waals surface area contributed by atoms with Gasteiger partial charge in [-0.25, -0.2) is 0 Å². The van der Waals surface area contributed by atoms with Crippen LogP contribution in [0.5, 0.6) is 0 Å². The van der Waals surface area contributed by atoms with Gasteiger partial charge in [0.15, 0.2) is 0 Å². The lowest BCUT2D eigenvalue weighted by Crippen LogP contribution is -2.41. The molecular formula is C12H20N2O3. The number of rotatable bonds is 5. The summed E-state index contributed by atoms with van der Waals surface area (Å²) in [4.78, 5) is 24.5. The molecule has 0 aromatic rings. The number of likely N-dealkylation sites (N-methyl/N-ethyl adjacent to an activating group) is 1. The second-order valence-corrected chi connectivity index (χ2v) is 4.42. The average Bonchev–Trinajstić information content (AvgIpc) is 2.21. The molecule has 0 radical (unpaired) electrons. The first kappa shape index (κ1) is 13.7. The average molecular weight is 240 g/mol. The topological polar surface area (TPSA) is 69.6 Å². The number of carbonyl (C=O) groups excluding carboxylic acids is 1. The Kier molecular flexibility index (Phi) is 4.69. The molecule has 0 spiro atoms. The van der Waals surface area contributed by atoms with Crippen LogP contribution in [0.25, 0.3) is 0 Å². The van der Waals surface area contributed by atoms with Crippen LogP contribution >= 0.6 is 0 Å². The summed E-state index contributed by atoms with van der Waals surface area (Å²) >= 11 is 0. The Bertz CT molecular complexity index is 344. The van der Waals surface area contributed by atoms with Crippen molar-refractivity contribution >= 4 is 11.9 Å². The Morgan fingerprint density at radius 3 is 2.41 bits per heavy atom. The fourth-order valence-corrected chi connectivity index (χ4v) is 1.67. The monoisotopic (exact) mass is 240 g/mol. The van der Waals surface area contributed by atoms with Gasteiger partial charge < -0.3 is 15.3 Å². The van der Waals surface area contributed by atoms with Crippen LogP contribution in [-0.4, -0.2) is 48.1 Å². The minimum Gasteiger partial charge on any atom is -0.481 e. The van der Waals surface area contributed by atoms with Crippen LogP contribution in [0.2, 0.25) is 0 Å². The highest BCUT2D eigenvalue weighted by Gasteiger charge is 2.23. The molecule has 1 aliphatic heterocycles. The first-order chi connectivity index (χ1) is 7.97. The SMILES string of the molecule is CCN(CC(C)C(=O)O)C(=O)C(C)=C1CNC1.